The van der Waals surface area contributed by atoms with E-state index in [1.54, 1.807) is 11.6 Å². The van der Waals surface area contributed by atoms with Crippen LogP contribution in [0.15, 0.2) is 12.4 Å². The Bertz CT molecular complexity index is 588. The summed E-state index contributed by atoms with van der Waals surface area (Å²) in [6.07, 6.45) is 3.00. The van der Waals surface area contributed by atoms with Crippen LogP contribution in [0.2, 0.25) is 5.02 Å². The fourth-order valence-corrected chi connectivity index (χ4v) is 1.62. The number of nitrogens with one attached hydrogen (secondary N) is 1. The number of amidine groups is 1. The van der Waals surface area contributed by atoms with Crippen molar-refractivity contribution in [3.05, 3.63) is 34.5 Å². The molecular formula is C10H11ClN6. The molecule has 0 spiro atoms. The largest absolute Gasteiger partial charge is 0.382 e. The topological polar surface area (TPSA) is 93.5 Å². The van der Waals surface area contributed by atoms with Gasteiger partial charge in [0.05, 0.1) is 16.4 Å². The summed E-state index contributed by atoms with van der Waals surface area (Å²) in [6.45, 7) is 3.62. The van der Waals surface area contributed by atoms with Crippen LogP contribution < -0.4 is 5.73 Å². The van der Waals surface area contributed by atoms with Crippen LogP contribution in [0.4, 0.5) is 0 Å². The molecule has 0 aliphatic carbocycles. The summed E-state index contributed by atoms with van der Waals surface area (Å²) in [7, 11) is 0. The Morgan fingerprint density at radius 3 is 2.53 bits per heavy atom. The highest BCUT2D eigenvalue weighted by molar-refractivity contribution is 6.31. The van der Waals surface area contributed by atoms with E-state index in [0.29, 0.717) is 16.5 Å². The van der Waals surface area contributed by atoms with E-state index in [0.717, 1.165) is 5.69 Å². The van der Waals surface area contributed by atoms with Gasteiger partial charge in [-0.3, -0.25) is 5.41 Å². The molecule has 3 N–H and O–H groups in total. The van der Waals surface area contributed by atoms with Crippen molar-refractivity contribution in [3.63, 3.8) is 0 Å². The predicted octanol–water partition coefficient (Wildman–Crippen LogP) is 1.22. The fraction of sp³-hybridized carbons (Fsp3) is 0.200. The zero-order chi connectivity index (χ0) is 12.6. The number of aryl methyl sites for hydroxylation is 1. The van der Waals surface area contributed by atoms with Crippen molar-refractivity contribution < 1.29 is 0 Å². The van der Waals surface area contributed by atoms with Gasteiger partial charge in [-0.25, -0.2) is 14.6 Å². The van der Waals surface area contributed by atoms with Crippen LogP contribution in [-0.4, -0.2) is 25.6 Å². The van der Waals surface area contributed by atoms with Crippen LogP contribution in [-0.2, 0) is 0 Å². The van der Waals surface area contributed by atoms with Gasteiger partial charge in [0.2, 0.25) is 0 Å². The first-order valence-electron chi connectivity index (χ1n) is 4.90. The number of hydrogen-bond donors (Lipinski definition) is 2. The summed E-state index contributed by atoms with van der Waals surface area (Å²) in [6, 6.07) is 0. The van der Waals surface area contributed by atoms with E-state index in [4.69, 9.17) is 22.7 Å². The average Bonchev–Trinajstić information content (AvgIpc) is 2.57. The van der Waals surface area contributed by atoms with Gasteiger partial charge in [-0.15, -0.1) is 0 Å². The van der Waals surface area contributed by atoms with Crippen molar-refractivity contribution in [3.8, 4) is 5.82 Å². The summed E-state index contributed by atoms with van der Waals surface area (Å²) >= 11 is 6.06. The Morgan fingerprint density at radius 1 is 1.35 bits per heavy atom. The Balaban J connectivity index is 2.68. The molecule has 88 valence electrons. The third-order valence-electron chi connectivity index (χ3n) is 2.34. The standard InChI is InChI=1S/C10H11ClN6/c1-5-7(11)6(2)17(16-5)10-8(9(12)13)14-3-4-15-10/h3-4H,1-2H3,(H3,12,13). The van der Waals surface area contributed by atoms with Gasteiger partial charge in [0.25, 0.3) is 0 Å². The molecule has 7 heteroatoms. The first-order chi connectivity index (χ1) is 8.02. The molecule has 0 fully saturated rings. The molecule has 0 bridgehead atoms. The summed E-state index contributed by atoms with van der Waals surface area (Å²) in [5, 5.41) is 12.3. The van der Waals surface area contributed by atoms with Crippen LogP contribution >= 0.6 is 11.6 Å². The zero-order valence-corrected chi connectivity index (χ0v) is 10.2. The minimum atomic E-state index is -0.156. The van der Waals surface area contributed by atoms with Gasteiger partial charge in [0.1, 0.15) is 11.5 Å². The first-order valence-corrected chi connectivity index (χ1v) is 5.27. The number of nitrogen functional groups attached to an aromatic ring is 1. The van der Waals surface area contributed by atoms with Crippen molar-refractivity contribution in [1.82, 2.24) is 19.7 Å². The van der Waals surface area contributed by atoms with Gasteiger partial charge in [-0.2, -0.15) is 5.10 Å². The molecule has 2 aromatic heterocycles. The molecule has 0 saturated heterocycles. The molecule has 0 aromatic carbocycles. The second-order valence-corrected chi connectivity index (χ2v) is 3.92. The number of rotatable bonds is 2. The molecule has 17 heavy (non-hydrogen) atoms. The quantitative estimate of drug-likeness (QED) is 0.619. The number of halogens is 1. The van der Waals surface area contributed by atoms with E-state index in [-0.39, 0.29) is 11.5 Å². The van der Waals surface area contributed by atoms with Gasteiger partial charge in [-0.1, -0.05) is 11.6 Å². The molecule has 0 unspecified atom stereocenters. The highest BCUT2D eigenvalue weighted by atomic mass is 35.5. The van der Waals surface area contributed by atoms with Gasteiger partial charge < -0.3 is 5.73 Å². The molecule has 0 aliphatic heterocycles. The van der Waals surface area contributed by atoms with Crippen LogP contribution in [0.5, 0.6) is 0 Å². The molecule has 2 aromatic rings. The minimum Gasteiger partial charge on any atom is -0.382 e. The third-order valence-corrected chi connectivity index (χ3v) is 2.88. The summed E-state index contributed by atoms with van der Waals surface area (Å²) in [5.74, 6) is 0.254. The van der Waals surface area contributed by atoms with Gasteiger partial charge in [0, 0.05) is 12.4 Å². The number of nitrogens with two attached hydrogens (primary N) is 1. The highest BCUT2D eigenvalue weighted by Crippen LogP contribution is 2.22. The minimum absolute atomic E-state index is 0.156. The summed E-state index contributed by atoms with van der Waals surface area (Å²) in [5.41, 5.74) is 7.18. The molecule has 6 nitrogen and oxygen atoms in total. The lowest BCUT2D eigenvalue weighted by molar-refractivity contribution is 0.795. The molecule has 0 saturated carbocycles. The molecule has 0 atom stereocenters. The maximum Gasteiger partial charge on any atom is 0.183 e. The molecule has 0 amide bonds. The summed E-state index contributed by atoms with van der Waals surface area (Å²) < 4.78 is 1.54. The number of aromatic nitrogens is 4. The fourth-order valence-electron chi connectivity index (χ4n) is 1.51. The van der Waals surface area contributed by atoms with Gasteiger partial charge in [-0.05, 0) is 13.8 Å². The van der Waals surface area contributed by atoms with Gasteiger partial charge >= 0.3 is 0 Å². The Hall–Kier alpha value is -1.95. The monoisotopic (exact) mass is 250 g/mol. The Morgan fingerprint density at radius 2 is 2.00 bits per heavy atom. The van der Waals surface area contributed by atoms with Crippen molar-refractivity contribution in [1.29, 1.82) is 5.41 Å². The second kappa shape index (κ2) is 4.14. The summed E-state index contributed by atoms with van der Waals surface area (Å²) in [4.78, 5) is 8.16. The predicted molar refractivity (Wildman–Crippen MR) is 64.7 cm³/mol. The van der Waals surface area contributed by atoms with Crippen LogP contribution in [0, 0.1) is 19.3 Å². The Kier molecular flexibility index (Phi) is 2.81. The zero-order valence-electron chi connectivity index (χ0n) is 9.40. The van der Waals surface area contributed by atoms with Gasteiger partial charge in [0.15, 0.2) is 5.82 Å². The second-order valence-electron chi connectivity index (χ2n) is 3.54. The number of hydrogen-bond acceptors (Lipinski definition) is 4. The lowest BCUT2D eigenvalue weighted by Crippen LogP contribution is -2.18. The molecule has 0 aliphatic rings. The molecular weight excluding hydrogens is 240 g/mol. The first kappa shape index (κ1) is 11.5. The van der Waals surface area contributed by atoms with E-state index in [1.807, 2.05) is 6.92 Å². The van der Waals surface area contributed by atoms with Crippen molar-refractivity contribution >= 4 is 17.4 Å². The lowest BCUT2D eigenvalue weighted by Gasteiger charge is -2.07. The van der Waals surface area contributed by atoms with Crippen LogP contribution in [0.1, 0.15) is 17.1 Å². The highest BCUT2D eigenvalue weighted by Gasteiger charge is 2.16. The molecule has 2 heterocycles. The molecule has 0 radical (unpaired) electrons. The van der Waals surface area contributed by atoms with E-state index < -0.39 is 0 Å². The van der Waals surface area contributed by atoms with E-state index in [9.17, 15) is 0 Å². The van der Waals surface area contributed by atoms with Crippen LogP contribution in [0.25, 0.3) is 5.82 Å². The van der Waals surface area contributed by atoms with E-state index in [1.165, 1.54) is 12.4 Å². The average molecular weight is 251 g/mol. The van der Waals surface area contributed by atoms with Crippen LogP contribution in [0.3, 0.4) is 0 Å². The van der Waals surface area contributed by atoms with Crippen molar-refractivity contribution in [2.24, 2.45) is 5.73 Å². The SMILES string of the molecule is Cc1nn(-c2nccnc2C(=N)N)c(C)c1Cl. The smallest absolute Gasteiger partial charge is 0.183 e. The maximum atomic E-state index is 7.46. The number of nitrogens with zero attached hydrogens (tertiary/aromatic N) is 4. The lowest BCUT2D eigenvalue weighted by atomic mass is 10.3. The maximum absolute atomic E-state index is 7.46. The molecule has 2 rings (SSSR count). The Labute approximate surface area is 103 Å². The van der Waals surface area contributed by atoms with E-state index >= 15 is 0 Å². The third kappa shape index (κ3) is 1.87. The van der Waals surface area contributed by atoms with E-state index in [2.05, 4.69) is 15.1 Å². The van der Waals surface area contributed by atoms with Crippen molar-refractivity contribution in [2.45, 2.75) is 13.8 Å². The normalized spacial score (nSPS) is 10.5. The van der Waals surface area contributed by atoms with Crippen molar-refractivity contribution in [2.75, 3.05) is 0 Å².